The number of nitrogens with zero attached hydrogens (tertiary/aromatic N) is 2. The third-order valence-corrected chi connectivity index (χ3v) is 6.82. The fourth-order valence-corrected chi connectivity index (χ4v) is 4.76. The van der Waals surface area contributed by atoms with Crippen molar-refractivity contribution < 1.29 is 13.2 Å². The molecule has 1 heterocycles. The topological polar surface area (TPSA) is 93.1 Å². The molecule has 1 aliphatic rings. The summed E-state index contributed by atoms with van der Waals surface area (Å²) < 4.78 is 28.9. The standard InChI is InChI=1S/C18H24N4O3S2/c1-12(2)21-27(24,25)16-8-4-14(5-9-16)20-17(23)13(3)26-18-19-10-11-22(18)15-6-7-15/h4-5,8-13,15,21H,6-7H2,1-3H3,(H,20,23)/t13-/m1/s1. The quantitative estimate of drug-likeness (QED) is 0.655. The summed E-state index contributed by atoms with van der Waals surface area (Å²) in [7, 11) is -3.54. The van der Waals surface area contributed by atoms with E-state index in [0.29, 0.717) is 11.7 Å². The summed E-state index contributed by atoms with van der Waals surface area (Å²) in [6.45, 7) is 5.36. The average Bonchev–Trinajstić information content (AvgIpc) is 3.33. The molecule has 1 aromatic heterocycles. The van der Waals surface area contributed by atoms with E-state index >= 15 is 0 Å². The minimum Gasteiger partial charge on any atom is -0.325 e. The number of carbonyl (C=O) groups excluding carboxylic acids is 1. The number of hydrogen-bond donors (Lipinski definition) is 2. The van der Waals surface area contributed by atoms with Gasteiger partial charge in [0, 0.05) is 30.2 Å². The number of carbonyl (C=O) groups is 1. The third-order valence-electron chi connectivity index (χ3n) is 4.05. The number of amides is 1. The Morgan fingerprint density at radius 2 is 1.89 bits per heavy atom. The van der Waals surface area contributed by atoms with Gasteiger partial charge in [0.15, 0.2) is 5.16 Å². The second-order valence-corrected chi connectivity index (χ2v) is 9.92. The molecule has 0 radical (unpaired) electrons. The molecular weight excluding hydrogens is 384 g/mol. The van der Waals surface area contributed by atoms with E-state index in [0.717, 1.165) is 18.0 Å². The van der Waals surface area contributed by atoms with Crippen molar-refractivity contribution in [1.29, 1.82) is 0 Å². The van der Waals surface area contributed by atoms with Crippen LogP contribution in [0.3, 0.4) is 0 Å². The van der Waals surface area contributed by atoms with Crippen LogP contribution in [0.5, 0.6) is 0 Å². The zero-order valence-corrected chi connectivity index (χ0v) is 17.2. The van der Waals surface area contributed by atoms with E-state index in [4.69, 9.17) is 0 Å². The van der Waals surface area contributed by atoms with E-state index in [9.17, 15) is 13.2 Å². The highest BCUT2D eigenvalue weighted by Crippen LogP contribution is 2.38. The molecule has 3 rings (SSSR count). The minimum atomic E-state index is -3.54. The lowest BCUT2D eigenvalue weighted by Crippen LogP contribution is -2.30. The van der Waals surface area contributed by atoms with Gasteiger partial charge in [0.1, 0.15) is 0 Å². The highest BCUT2D eigenvalue weighted by Gasteiger charge is 2.27. The van der Waals surface area contributed by atoms with Crippen LogP contribution in [0.2, 0.25) is 0 Å². The third kappa shape index (κ3) is 5.12. The number of thioether (sulfide) groups is 1. The molecule has 1 saturated carbocycles. The van der Waals surface area contributed by atoms with Crippen LogP contribution in [-0.2, 0) is 14.8 Å². The lowest BCUT2D eigenvalue weighted by molar-refractivity contribution is -0.115. The van der Waals surface area contributed by atoms with Gasteiger partial charge in [-0.25, -0.2) is 18.1 Å². The van der Waals surface area contributed by atoms with Crippen LogP contribution in [0.1, 0.15) is 39.7 Å². The van der Waals surface area contributed by atoms with E-state index in [2.05, 4.69) is 19.6 Å². The molecule has 1 aliphatic carbocycles. The average molecular weight is 409 g/mol. The van der Waals surface area contributed by atoms with Gasteiger partial charge in [0.05, 0.1) is 10.1 Å². The maximum Gasteiger partial charge on any atom is 0.240 e. The largest absolute Gasteiger partial charge is 0.325 e. The molecular formula is C18H24N4O3S2. The Kier molecular flexibility index (Phi) is 5.92. The van der Waals surface area contributed by atoms with Gasteiger partial charge < -0.3 is 9.88 Å². The minimum absolute atomic E-state index is 0.152. The van der Waals surface area contributed by atoms with Crippen LogP contribution >= 0.6 is 11.8 Å². The predicted octanol–water partition coefficient (Wildman–Crippen LogP) is 3.02. The van der Waals surface area contributed by atoms with Crippen molar-refractivity contribution in [2.45, 2.75) is 61.0 Å². The first-order valence-corrected chi connectivity index (χ1v) is 11.3. The van der Waals surface area contributed by atoms with Gasteiger partial charge in [-0.15, -0.1) is 0 Å². The molecule has 1 atom stereocenters. The fraction of sp³-hybridized carbons (Fsp3) is 0.444. The number of anilines is 1. The van der Waals surface area contributed by atoms with E-state index in [-0.39, 0.29) is 22.1 Å². The maximum atomic E-state index is 12.5. The smallest absolute Gasteiger partial charge is 0.240 e. The normalized spacial score (nSPS) is 15.7. The zero-order chi connectivity index (χ0) is 19.6. The summed E-state index contributed by atoms with van der Waals surface area (Å²) in [5, 5.41) is 3.35. The molecule has 0 spiro atoms. The first kappa shape index (κ1) is 19.9. The second-order valence-electron chi connectivity index (χ2n) is 6.90. The number of sulfonamides is 1. The Morgan fingerprint density at radius 3 is 2.48 bits per heavy atom. The molecule has 27 heavy (non-hydrogen) atoms. The molecule has 146 valence electrons. The van der Waals surface area contributed by atoms with Gasteiger partial charge in [-0.2, -0.15) is 0 Å². The monoisotopic (exact) mass is 408 g/mol. The van der Waals surface area contributed by atoms with Crippen LogP contribution in [0, 0.1) is 0 Å². The molecule has 1 amide bonds. The Labute approximate surface area is 164 Å². The summed E-state index contributed by atoms with van der Waals surface area (Å²) in [5.74, 6) is -0.152. The zero-order valence-electron chi connectivity index (χ0n) is 15.5. The highest BCUT2D eigenvalue weighted by molar-refractivity contribution is 8.00. The van der Waals surface area contributed by atoms with E-state index in [1.54, 1.807) is 32.2 Å². The summed E-state index contributed by atoms with van der Waals surface area (Å²) in [6, 6.07) is 6.48. The van der Waals surface area contributed by atoms with Crippen LogP contribution < -0.4 is 10.0 Å². The number of benzene rings is 1. The van der Waals surface area contributed by atoms with Crippen LogP contribution in [0.4, 0.5) is 5.69 Å². The number of imidazole rings is 1. The Bertz CT molecular complexity index is 903. The summed E-state index contributed by atoms with van der Waals surface area (Å²) >= 11 is 1.42. The molecule has 9 heteroatoms. The highest BCUT2D eigenvalue weighted by atomic mass is 32.2. The number of nitrogens with one attached hydrogen (secondary N) is 2. The van der Waals surface area contributed by atoms with Gasteiger partial charge in [-0.1, -0.05) is 11.8 Å². The molecule has 0 saturated heterocycles. The van der Waals surface area contributed by atoms with Crippen molar-refractivity contribution >= 4 is 33.4 Å². The predicted molar refractivity (Wildman–Crippen MR) is 106 cm³/mol. The Hall–Kier alpha value is -1.84. The van der Waals surface area contributed by atoms with Crippen molar-refractivity contribution in [2.75, 3.05) is 5.32 Å². The maximum absolute atomic E-state index is 12.5. The van der Waals surface area contributed by atoms with Crippen molar-refractivity contribution in [2.24, 2.45) is 0 Å². The van der Waals surface area contributed by atoms with Gasteiger partial charge in [-0.3, -0.25) is 4.79 Å². The lowest BCUT2D eigenvalue weighted by atomic mass is 10.3. The van der Waals surface area contributed by atoms with Gasteiger partial charge in [-0.05, 0) is 57.9 Å². The van der Waals surface area contributed by atoms with Gasteiger partial charge >= 0.3 is 0 Å². The molecule has 0 bridgehead atoms. The molecule has 1 fully saturated rings. The molecule has 2 aromatic rings. The number of rotatable bonds is 8. The first-order chi connectivity index (χ1) is 12.8. The molecule has 2 N–H and O–H groups in total. The van der Waals surface area contributed by atoms with Gasteiger partial charge in [0.2, 0.25) is 15.9 Å². The van der Waals surface area contributed by atoms with E-state index in [1.165, 1.54) is 23.9 Å². The van der Waals surface area contributed by atoms with Crippen molar-refractivity contribution in [3.05, 3.63) is 36.7 Å². The summed E-state index contributed by atoms with van der Waals surface area (Å²) in [5.41, 5.74) is 0.557. The molecule has 0 unspecified atom stereocenters. The van der Waals surface area contributed by atoms with Gasteiger partial charge in [0.25, 0.3) is 0 Å². The second kappa shape index (κ2) is 8.04. The van der Waals surface area contributed by atoms with E-state index < -0.39 is 10.0 Å². The van der Waals surface area contributed by atoms with Crippen LogP contribution in [-0.4, -0.2) is 35.2 Å². The van der Waals surface area contributed by atoms with E-state index in [1.807, 2.05) is 13.1 Å². The summed E-state index contributed by atoms with van der Waals surface area (Å²) in [6.07, 6.45) is 6.03. The van der Waals surface area contributed by atoms with Crippen LogP contribution in [0.25, 0.3) is 0 Å². The Balaban J connectivity index is 1.61. The van der Waals surface area contributed by atoms with Crippen molar-refractivity contribution in [3.8, 4) is 0 Å². The fourth-order valence-electron chi connectivity index (χ4n) is 2.57. The number of hydrogen-bond acceptors (Lipinski definition) is 5. The molecule has 7 nitrogen and oxygen atoms in total. The first-order valence-electron chi connectivity index (χ1n) is 8.89. The summed E-state index contributed by atoms with van der Waals surface area (Å²) in [4.78, 5) is 17.0. The molecule has 1 aromatic carbocycles. The lowest BCUT2D eigenvalue weighted by Gasteiger charge is -2.13. The SMILES string of the molecule is CC(C)NS(=O)(=O)c1ccc(NC(=O)[C@@H](C)Sc2nccn2C2CC2)cc1. The van der Waals surface area contributed by atoms with Crippen molar-refractivity contribution in [3.63, 3.8) is 0 Å². The molecule has 0 aliphatic heterocycles. The Morgan fingerprint density at radius 1 is 1.22 bits per heavy atom. The van der Waals surface area contributed by atoms with Crippen molar-refractivity contribution in [1.82, 2.24) is 14.3 Å². The van der Waals surface area contributed by atoms with Crippen LogP contribution in [0.15, 0.2) is 46.7 Å². The number of aromatic nitrogens is 2.